The fraction of sp³-hybridized carbons (Fsp3) is 0.294. The monoisotopic (exact) mass is 356 g/mol. The lowest BCUT2D eigenvalue weighted by Gasteiger charge is -2.05. The molecule has 9 nitrogen and oxygen atoms in total. The van der Waals surface area contributed by atoms with E-state index < -0.39 is 6.09 Å². The van der Waals surface area contributed by atoms with Crippen LogP contribution in [0, 0.1) is 6.92 Å². The van der Waals surface area contributed by atoms with Gasteiger partial charge in [0.15, 0.2) is 5.82 Å². The van der Waals surface area contributed by atoms with Gasteiger partial charge in [-0.25, -0.2) is 4.79 Å². The Kier molecular flexibility index (Phi) is 5.16. The van der Waals surface area contributed by atoms with Crippen molar-refractivity contribution in [2.75, 3.05) is 19.0 Å². The molecule has 9 heteroatoms. The maximum absolute atomic E-state index is 12.0. The van der Waals surface area contributed by atoms with Gasteiger partial charge in [-0.2, -0.15) is 9.90 Å². The molecule has 2 amide bonds. The number of nitrogens with one attached hydrogen (secondary N) is 3. The Bertz CT molecular complexity index is 930. The first-order valence-electron chi connectivity index (χ1n) is 8.15. The van der Waals surface area contributed by atoms with Crippen LogP contribution in [-0.4, -0.2) is 45.6 Å². The molecular formula is C17H20N6O3. The van der Waals surface area contributed by atoms with Crippen molar-refractivity contribution in [3.63, 3.8) is 0 Å². The van der Waals surface area contributed by atoms with Gasteiger partial charge in [-0.1, -0.05) is 18.2 Å². The van der Waals surface area contributed by atoms with Crippen LogP contribution in [0.2, 0.25) is 0 Å². The van der Waals surface area contributed by atoms with E-state index in [0.717, 1.165) is 17.6 Å². The number of hydrogen-bond donors (Lipinski definition) is 3. The average molecular weight is 356 g/mol. The molecule has 0 fully saturated rings. The maximum atomic E-state index is 12.0. The highest BCUT2D eigenvalue weighted by molar-refractivity contribution is 5.85. The number of carbonyl (C=O) groups is 2. The summed E-state index contributed by atoms with van der Waals surface area (Å²) in [4.78, 5) is 27.7. The van der Waals surface area contributed by atoms with Crippen molar-refractivity contribution in [3.05, 3.63) is 41.7 Å². The number of carbonyl (C=O) groups excluding carboxylic acids is 2. The van der Waals surface area contributed by atoms with E-state index in [1.807, 2.05) is 25.1 Å². The van der Waals surface area contributed by atoms with E-state index in [0.29, 0.717) is 6.54 Å². The molecule has 0 aliphatic rings. The predicted octanol–water partition coefficient (Wildman–Crippen LogP) is 1.61. The van der Waals surface area contributed by atoms with Gasteiger partial charge in [-0.15, -0.1) is 5.10 Å². The predicted molar refractivity (Wildman–Crippen MR) is 95.8 cm³/mol. The van der Waals surface area contributed by atoms with E-state index in [1.54, 1.807) is 0 Å². The lowest BCUT2D eigenvalue weighted by atomic mass is 10.1. The molecule has 3 rings (SSSR count). The summed E-state index contributed by atoms with van der Waals surface area (Å²) in [6.07, 6.45) is 1.43. The van der Waals surface area contributed by atoms with Crippen molar-refractivity contribution in [2.24, 2.45) is 0 Å². The van der Waals surface area contributed by atoms with E-state index in [-0.39, 0.29) is 18.3 Å². The summed E-state index contributed by atoms with van der Waals surface area (Å²) in [5.74, 6) is 0.0155. The maximum Gasteiger partial charge on any atom is 0.412 e. The molecule has 3 N–H and O–H groups in total. The Hall–Kier alpha value is -3.36. The number of rotatable bonds is 6. The van der Waals surface area contributed by atoms with Crippen LogP contribution in [-0.2, 0) is 22.5 Å². The van der Waals surface area contributed by atoms with Crippen LogP contribution in [0.5, 0.6) is 0 Å². The summed E-state index contributed by atoms with van der Waals surface area (Å²) < 4.78 is 4.46. The minimum atomic E-state index is -0.643. The van der Waals surface area contributed by atoms with Crippen LogP contribution < -0.4 is 10.6 Å². The first kappa shape index (κ1) is 17.5. The van der Waals surface area contributed by atoms with Crippen molar-refractivity contribution < 1.29 is 14.3 Å². The number of amides is 2. The molecule has 26 heavy (non-hydrogen) atoms. The van der Waals surface area contributed by atoms with E-state index in [2.05, 4.69) is 36.6 Å². The highest BCUT2D eigenvalue weighted by Crippen LogP contribution is 2.21. The molecule has 0 unspecified atom stereocenters. The van der Waals surface area contributed by atoms with Gasteiger partial charge in [-0.05, 0) is 25.0 Å². The van der Waals surface area contributed by atoms with Crippen LogP contribution in [0.1, 0.15) is 11.3 Å². The lowest BCUT2D eigenvalue weighted by Crippen LogP contribution is -2.30. The Balaban J connectivity index is 1.51. The van der Waals surface area contributed by atoms with Gasteiger partial charge in [0.2, 0.25) is 5.91 Å². The average Bonchev–Trinajstić information content (AvgIpc) is 3.18. The number of aryl methyl sites for hydroxylation is 1. The van der Waals surface area contributed by atoms with Crippen LogP contribution >= 0.6 is 0 Å². The minimum absolute atomic E-state index is 0.0320. The molecule has 1 aromatic carbocycles. The highest BCUT2D eigenvalue weighted by atomic mass is 16.5. The van der Waals surface area contributed by atoms with Crippen molar-refractivity contribution in [1.82, 2.24) is 25.3 Å². The van der Waals surface area contributed by atoms with Crippen LogP contribution in [0.4, 0.5) is 10.6 Å². The van der Waals surface area contributed by atoms with Crippen molar-refractivity contribution in [3.8, 4) is 0 Å². The van der Waals surface area contributed by atoms with Gasteiger partial charge in [0, 0.05) is 23.1 Å². The quantitative estimate of drug-likeness (QED) is 0.621. The SMILES string of the molecule is COC(=O)Nc1cnn(CC(=O)NCCc2c(C)[nH]c3ccccc23)n1. The topological polar surface area (TPSA) is 114 Å². The van der Waals surface area contributed by atoms with E-state index in [4.69, 9.17) is 0 Å². The summed E-state index contributed by atoms with van der Waals surface area (Å²) >= 11 is 0. The van der Waals surface area contributed by atoms with E-state index in [9.17, 15) is 9.59 Å². The minimum Gasteiger partial charge on any atom is -0.453 e. The number of aromatic nitrogens is 4. The molecule has 0 spiro atoms. The molecule has 0 radical (unpaired) electrons. The number of nitrogens with zero attached hydrogens (tertiary/aromatic N) is 3. The van der Waals surface area contributed by atoms with Crippen molar-refractivity contribution in [2.45, 2.75) is 19.9 Å². The number of aromatic amines is 1. The molecule has 136 valence electrons. The van der Waals surface area contributed by atoms with E-state index >= 15 is 0 Å². The van der Waals surface area contributed by atoms with E-state index in [1.165, 1.54) is 29.1 Å². The second-order valence-corrected chi connectivity index (χ2v) is 5.75. The summed E-state index contributed by atoms with van der Waals surface area (Å²) in [7, 11) is 1.25. The number of para-hydroxylation sites is 1. The largest absolute Gasteiger partial charge is 0.453 e. The smallest absolute Gasteiger partial charge is 0.412 e. The molecule has 2 heterocycles. The molecule has 0 atom stereocenters. The number of hydrogen-bond acceptors (Lipinski definition) is 5. The standard InChI is InChI=1S/C17H20N6O3/c1-11-12(13-5-3-4-6-14(13)20-11)7-8-18-16(24)10-23-19-9-15(22-23)21-17(25)26-2/h3-6,9,20H,7-8,10H2,1-2H3,(H,18,24)(H,21,22,25). The second-order valence-electron chi connectivity index (χ2n) is 5.75. The number of methoxy groups -OCH3 is 1. The molecule has 3 aromatic rings. The summed E-state index contributed by atoms with van der Waals surface area (Å²) in [6.45, 7) is 2.51. The zero-order chi connectivity index (χ0) is 18.5. The molecule has 0 saturated heterocycles. The fourth-order valence-electron chi connectivity index (χ4n) is 2.75. The Morgan fingerprint density at radius 3 is 2.92 bits per heavy atom. The number of H-pyrrole nitrogens is 1. The third-order valence-electron chi connectivity index (χ3n) is 3.96. The summed E-state index contributed by atoms with van der Waals surface area (Å²) in [5.41, 5.74) is 3.40. The Morgan fingerprint density at radius 2 is 2.12 bits per heavy atom. The zero-order valence-electron chi connectivity index (χ0n) is 14.6. The van der Waals surface area contributed by atoms with Gasteiger partial charge in [0.05, 0.1) is 13.3 Å². The molecule has 2 aromatic heterocycles. The summed E-state index contributed by atoms with van der Waals surface area (Å²) in [6, 6.07) is 8.10. The molecular weight excluding hydrogens is 336 g/mol. The third-order valence-corrected chi connectivity index (χ3v) is 3.96. The van der Waals surface area contributed by atoms with Gasteiger partial charge in [-0.3, -0.25) is 10.1 Å². The number of ether oxygens (including phenoxy) is 1. The normalized spacial score (nSPS) is 10.7. The van der Waals surface area contributed by atoms with Gasteiger partial charge in [0.1, 0.15) is 6.54 Å². The Labute approximate surface area is 149 Å². The van der Waals surface area contributed by atoms with Crippen LogP contribution in [0.15, 0.2) is 30.5 Å². The third kappa shape index (κ3) is 4.00. The Morgan fingerprint density at radius 1 is 1.31 bits per heavy atom. The first-order chi connectivity index (χ1) is 12.6. The molecule has 0 bridgehead atoms. The second kappa shape index (κ2) is 7.68. The van der Waals surface area contributed by atoms with Gasteiger partial charge < -0.3 is 15.0 Å². The molecule has 0 aliphatic heterocycles. The zero-order valence-corrected chi connectivity index (χ0v) is 14.6. The fourth-order valence-corrected chi connectivity index (χ4v) is 2.75. The van der Waals surface area contributed by atoms with Crippen LogP contribution in [0.3, 0.4) is 0 Å². The number of anilines is 1. The van der Waals surface area contributed by atoms with Crippen molar-refractivity contribution in [1.29, 1.82) is 0 Å². The number of benzene rings is 1. The summed E-state index contributed by atoms with van der Waals surface area (Å²) in [5, 5.41) is 14.3. The molecule has 0 aliphatic carbocycles. The highest BCUT2D eigenvalue weighted by Gasteiger charge is 2.10. The lowest BCUT2D eigenvalue weighted by molar-refractivity contribution is -0.122. The number of fused-ring (bicyclic) bond motifs is 1. The van der Waals surface area contributed by atoms with Crippen molar-refractivity contribution >= 4 is 28.7 Å². The van der Waals surface area contributed by atoms with Crippen LogP contribution in [0.25, 0.3) is 10.9 Å². The van der Waals surface area contributed by atoms with Gasteiger partial charge >= 0.3 is 6.09 Å². The van der Waals surface area contributed by atoms with Gasteiger partial charge in [0.25, 0.3) is 0 Å². The first-order valence-corrected chi connectivity index (χ1v) is 8.15. The molecule has 0 saturated carbocycles.